The molecule has 374 valence electrons. The van der Waals surface area contributed by atoms with Gasteiger partial charge in [-0.1, -0.05) is 140 Å². The first-order valence-corrected chi connectivity index (χ1v) is 34.5. The summed E-state index contributed by atoms with van der Waals surface area (Å²) < 4.78 is 10.8. The minimum absolute atomic E-state index is 0.0833. The number of hydrogen-bond donors (Lipinski definition) is 0. The van der Waals surface area contributed by atoms with Crippen LogP contribution < -0.4 is 14.9 Å². The number of hydrogen-bond acceptors (Lipinski definition) is 4. The molecule has 0 unspecified atom stereocenters. The zero-order valence-corrected chi connectivity index (χ0v) is 49.8. The fraction of sp³-hybridized carbons (Fsp3) is 0.561. The molecule has 0 saturated heterocycles. The van der Waals surface area contributed by atoms with E-state index in [9.17, 15) is 0 Å². The van der Waals surface area contributed by atoms with Gasteiger partial charge < -0.3 is 14.9 Å². The average Bonchev–Trinajstić information content (AvgIpc) is 3.24. The van der Waals surface area contributed by atoms with E-state index in [0.717, 1.165) is 106 Å². The molecular weight excluding hydrogens is 1030 g/mol. The Kier molecular flexibility index (Phi) is 12.3. The molecule has 4 nitrogen and oxygen atoms in total. The van der Waals surface area contributed by atoms with E-state index in [1.807, 2.05) is 12.1 Å². The Balaban J connectivity index is 0.00000189. The Labute approximate surface area is 440 Å². The molecule has 8 aliphatic carbocycles. The van der Waals surface area contributed by atoms with Gasteiger partial charge in [-0.05, 0) is 203 Å². The Morgan fingerprint density at radius 1 is 0.451 bits per heavy atom. The van der Waals surface area contributed by atoms with Gasteiger partial charge in [-0.15, -0.1) is 0 Å². The number of benzene rings is 4. The van der Waals surface area contributed by atoms with E-state index < -0.39 is 0 Å². The van der Waals surface area contributed by atoms with Crippen LogP contribution in [0.2, 0.25) is 9.36 Å². The third-order valence-electron chi connectivity index (χ3n) is 18.9. The Hall–Kier alpha value is -3.70. The number of rotatable bonds is 9. The molecule has 0 spiro atoms. The van der Waals surface area contributed by atoms with Crippen molar-refractivity contribution in [3.05, 3.63) is 106 Å². The van der Waals surface area contributed by atoms with Gasteiger partial charge in [0, 0.05) is 23.3 Å². The summed E-state index contributed by atoms with van der Waals surface area (Å²) in [5.41, 5.74) is 14.7. The van der Waals surface area contributed by atoms with Crippen LogP contribution in [-0.2, 0) is 33.7 Å². The molecule has 0 atom stereocenters. The SMILES string of the molecule is COc1cc(-c2cc(C(C)C)ccc2-c2cc(C)cc(C34CC5(C)CC(C)(CC(C)(C5)C3)C4)c2[O-])nc(-c2cc(C(C)C)ccc2-c2cc(C)cc(C34CC5(C)CC(C)(CC(C)(C5)C3)C4)c2[O-])c1.[CH3][Hf+2][CH3]. The molecule has 8 aliphatic rings. The van der Waals surface area contributed by atoms with Gasteiger partial charge in [0.05, 0.1) is 18.5 Å². The summed E-state index contributed by atoms with van der Waals surface area (Å²) in [6.07, 6.45) is 14.1. The van der Waals surface area contributed by atoms with Crippen LogP contribution in [0.25, 0.3) is 44.8 Å². The molecule has 8 fully saturated rings. The van der Waals surface area contributed by atoms with Gasteiger partial charge in [0.25, 0.3) is 0 Å². The summed E-state index contributed by atoms with van der Waals surface area (Å²) in [7, 11) is 1.73. The predicted octanol–water partition coefficient (Wildman–Crippen LogP) is 17.2. The maximum atomic E-state index is 15.5. The summed E-state index contributed by atoms with van der Waals surface area (Å²) in [6.45, 7) is 28.3. The standard InChI is InChI=1S/C64H79NO3.2CH3.Hf/c1-38(2)42-14-16-45(49-18-40(5)20-51(55(49)66)63-32-57(7)26-58(8,33-63)28-59(9,27-57)34-63)47(22-42)53-24-44(68-13)25-54(65-53)48-23-43(39(3)4)15-17-46(48)50-19-41(6)21-52(56(50)67)64-35-60(10)29-61(11,36-64)31-62(12,30-60)37-64;;;/h14-25,38-39,66-67H,26-37H2,1-13H3;2*1H3;/q;;;+2/p-2. The molecular formula is C66H83HfNO3. The Bertz CT molecular complexity index is 2640. The number of methoxy groups -OCH3 is 1. The van der Waals surface area contributed by atoms with E-state index in [2.05, 4.69) is 153 Å². The zero-order chi connectivity index (χ0) is 51.1. The number of ether oxygens (including phenoxy) is 1. The second kappa shape index (κ2) is 17.2. The number of aromatic nitrogens is 1. The van der Waals surface area contributed by atoms with Gasteiger partial charge >= 0.3 is 32.3 Å². The summed E-state index contributed by atoms with van der Waals surface area (Å²) in [5.74, 6) is 1.58. The summed E-state index contributed by atoms with van der Waals surface area (Å²) in [6, 6.07) is 26.2. The van der Waals surface area contributed by atoms with E-state index in [-0.39, 0.29) is 89.6 Å². The molecule has 8 bridgehead atoms. The number of pyridine rings is 1. The van der Waals surface area contributed by atoms with Crippen LogP contribution in [0.3, 0.4) is 0 Å². The molecule has 13 rings (SSSR count). The van der Waals surface area contributed by atoms with Gasteiger partial charge in [0.15, 0.2) is 0 Å². The third kappa shape index (κ3) is 8.82. The quantitative estimate of drug-likeness (QED) is 0.138. The van der Waals surface area contributed by atoms with Crippen molar-refractivity contribution in [2.24, 2.45) is 32.5 Å². The minimum atomic E-state index is -0.123. The van der Waals surface area contributed by atoms with Crippen molar-refractivity contribution in [1.29, 1.82) is 0 Å². The van der Waals surface area contributed by atoms with Crippen LogP contribution in [0.5, 0.6) is 17.2 Å². The summed E-state index contributed by atoms with van der Waals surface area (Å²) in [5, 5.41) is 31.1. The molecule has 1 aromatic heterocycles. The predicted molar refractivity (Wildman–Crippen MR) is 288 cm³/mol. The van der Waals surface area contributed by atoms with E-state index in [1.165, 1.54) is 49.7 Å². The molecule has 0 aliphatic heterocycles. The second-order valence-electron chi connectivity index (χ2n) is 28.1. The first kappa shape index (κ1) is 50.8. The van der Waals surface area contributed by atoms with E-state index in [1.54, 1.807) is 7.11 Å². The van der Waals surface area contributed by atoms with Crippen molar-refractivity contribution >= 4 is 0 Å². The van der Waals surface area contributed by atoms with Crippen molar-refractivity contribution in [3.63, 3.8) is 0 Å². The molecule has 8 saturated carbocycles. The molecule has 0 N–H and O–H groups in total. The fourth-order valence-electron chi connectivity index (χ4n) is 19.5. The van der Waals surface area contributed by atoms with Crippen molar-refractivity contribution in [2.75, 3.05) is 7.11 Å². The van der Waals surface area contributed by atoms with Gasteiger partial charge in [-0.3, -0.25) is 0 Å². The Morgan fingerprint density at radius 2 is 0.761 bits per heavy atom. The van der Waals surface area contributed by atoms with E-state index >= 15 is 10.2 Å². The third-order valence-corrected chi connectivity index (χ3v) is 18.9. The molecule has 71 heavy (non-hydrogen) atoms. The molecule has 5 heteroatoms. The van der Waals surface area contributed by atoms with E-state index in [0.29, 0.717) is 5.75 Å². The van der Waals surface area contributed by atoms with Gasteiger partial charge in [0.2, 0.25) is 0 Å². The number of aryl methyl sites for hydroxylation is 2. The van der Waals surface area contributed by atoms with Gasteiger partial charge in [-0.25, -0.2) is 4.98 Å². The summed E-state index contributed by atoms with van der Waals surface area (Å²) in [4.78, 5) is 5.62. The molecule has 5 aromatic rings. The molecule has 0 radical (unpaired) electrons. The van der Waals surface area contributed by atoms with Crippen molar-refractivity contribution in [1.82, 2.24) is 4.98 Å². The van der Waals surface area contributed by atoms with Gasteiger partial charge in [0.1, 0.15) is 5.75 Å². The summed E-state index contributed by atoms with van der Waals surface area (Å²) >= 11 is 0.0833. The monoisotopic (exact) mass is 1120 g/mol. The first-order valence-electron chi connectivity index (χ1n) is 27.3. The molecule has 4 aromatic carbocycles. The van der Waals surface area contributed by atoms with Crippen LogP contribution in [0.4, 0.5) is 0 Å². The molecule has 1 heterocycles. The average molecular weight is 1120 g/mol. The van der Waals surface area contributed by atoms with E-state index in [4.69, 9.17) is 9.72 Å². The normalized spacial score (nSPS) is 33.1. The number of nitrogens with zero attached hydrogens (tertiary/aromatic N) is 1. The molecule has 0 amide bonds. The fourth-order valence-corrected chi connectivity index (χ4v) is 19.5. The maximum absolute atomic E-state index is 15.5. The van der Waals surface area contributed by atoms with Crippen LogP contribution in [0, 0.1) is 46.3 Å². The second-order valence-corrected chi connectivity index (χ2v) is 31.7. The topological polar surface area (TPSA) is 68.2 Å². The zero-order valence-electron chi connectivity index (χ0n) is 46.2. The van der Waals surface area contributed by atoms with Crippen molar-refractivity contribution in [3.8, 4) is 62.0 Å². The van der Waals surface area contributed by atoms with Gasteiger partial charge in [-0.2, -0.15) is 0 Å². The van der Waals surface area contributed by atoms with Crippen LogP contribution in [0.1, 0.15) is 192 Å². The van der Waals surface area contributed by atoms with Crippen molar-refractivity contribution < 1.29 is 37.9 Å². The Morgan fingerprint density at radius 3 is 1.04 bits per heavy atom. The van der Waals surface area contributed by atoms with Crippen LogP contribution in [-0.4, -0.2) is 12.1 Å². The first-order chi connectivity index (χ1) is 33.2. The van der Waals surface area contributed by atoms with Crippen LogP contribution in [0.15, 0.2) is 72.8 Å². The van der Waals surface area contributed by atoms with Crippen LogP contribution >= 0.6 is 0 Å². The van der Waals surface area contributed by atoms with Crippen molar-refractivity contribution in [2.45, 2.75) is 192 Å².